The van der Waals surface area contributed by atoms with Crippen molar-refractivity contribution in [3.8, 4) is 0 Å². The molecule has 0 aliphatic heterocycles. The number of hydrogen-bond acceptors (Lipinski definition) is 3. The Morgan fingerprint density at radius 3 is 2.46 bits per heavy atom. The third kappa shape index (κ3) is 2.66. The van der Waals surface area contributed by atoms with Crippen LogP contribution in [-0.4, -0.2) is 18.8 Å². The van der Waals surface area contributed by atoms with Crippen molar-refractivity contribution in [2.45, 2.75) is 51.7 Å². The molecule has 0 bridgehead atoms. The van der Waals surface area contributed by atoms with E-state index in [1.54, 1.807) is 0 Å². The predicted molar refractivity (Wildman–Crippen MR) is 54.2 cm³/mol. The van der Waals surface area contributed by atoms with Crippen molar-refractivity contribution in [3.63, 3.8) is 0 Å². The summed E-state index contributed by atoms with van der Waals surface area (Å²) in [6.07, 6.45) is 5.29. The Labute approximate surface area is 81.0 Å². The van der Waals surface area contributed by atoms with Crippen molar-refractivity contribution >= 4 is 0 Å². The summed E-state index contributed by atoms with van der Waals surface area (Å²) in [6, 6.07) is 0.360. The van der Waals surface area contributed by atoms with Crippen LogP contribution in [-0.2, 0) is 4.74 Å². The van der Waals surface area contributed by atoms with Gasteiger partial charge in [-0.25, -0.2) is 0 Å². The molecule has 0 saturated heterocycles. The third-order valence-electron chi connectivity index (χ3n) is 3.03. The van der Waals surface area contributed by atoms with Crippen LogP contribution in [0.3, 0.4) is 0 Å². The molecule has 3 heteroatoms. The van der Waals surface area contributed by atoms with Crippen molar-refractivity contribution in [2.75, 3.05) is 6.61 Å². The van der Waals surface area contributed by atoms with E-state index in [2.05, 4.69) is 12.3 Å². The van der Waals surface area contributed by atoms with E-state index >= 15 is 0 Å². The summed E-state index contributed by atoms with van der Waals surface area (Å²) in [5.74, 6) is 6.30. The lowest BCUT2D eigenvalue weighted by atomic mass is 9.77. The van der Waals surface area contributed by atoms with E-state index in [-0.39, 0.29) is 0 Å². The number of hydrogen-bond donors (Lipinski definition) is 2. The van der Waals surface area contributed by atoms with Gasteiger partial charge >= 0.3 is 0 Å². The first-order valence-electron chi connectivity index (χ1n) is 5.41. The lowest BCUT2D eigenvalue weighted by molar-refractivity contribution is 0.00197. The Morgan fingerprint density at radius 1 is 1.46 bits per heavy atom. The lowest BCUT2D eigenvalue weighted by Crippen LogP contribution is -2.51. The van der Waals surface area contributed by atoms with Gasteiger partial charge in [0.2, 0.25) is 0 Å². The SMILES string of the molecule is CCOC(CC)C(NN)C1CCC1. The fraction of sp³-hybridized carbons (Fsp3) is 1.00. The smallest absolute Gasteiger partial charge is 0.0741 e. The molecule has 3 N–H and O–H groups in total. The average molecular weight is 186 g/mol. The molecule has 1 rings (SSSR count). The molecule has 0 heterocycles. The van der Waals surface area contributed by atoms with E-state index in [0.29, 0.717) is 12.1 Å². The first kappa shape index (κ1) is 11.0. The first-order valence-corrected chi connectivity index (χ1v) is 5.41. The van der Waals surface area contributed by atoms with Crippen molar-refractivity contribution < 1.29 is 4.74 Å². The van der Waals surface area contributed by atoms with E-state index < -0.39 is 0 Å². The molecule has 1 fully saturated rings. The molecule has 78 valence electrons. The van der Waals surface area contributed by atoms with Gasteiger partial charge in [0, 0.05) is 6.61 Å². The van der Waals surface area contributed by atoms with Crippen LogP contribution in [0.4, 0.5) is 0 Å². The highest BCUT2D eigenvalue weighted by Crippen LogP contribution is 2.31. The molecule has 13 heavy (non-hydrogen) atoms. The van der Waals surface area contributed by atoms with E-state index in [1.165, 1.54) is 19.3 Å². The fourth-order valence-electron chi connectivity index (χ4n) is 2.04. The zero-order chi connectivity index (χ0) is 9.68. The lowest BCUT2D eigenvalue weighted by Gasteiger charge is -2.37. The summed E-state index contributed by atoms with van der Waals surface area (Å²) in [6.45, 7) is 4.98. The summed E-state index contributed by atoms with van der Waals surface area (Å²) < 4.78 is 5.66. The summed E-state index contributed by atoms with van der Waals surface area (Å²) >= 11 is 0. The minimum Gasteiger partial charge on any atom is -0.377 e. The Bertz CT molecular complexity index is 137. The first-order chi connectivity index (χ1) is 6.33. The second-order valence-corrected chi connectivity index (χ2v) is 3.79. The Morgan fingerprint density at radius 2 is 2.15 bits per heavy atom. The molecular formula is C10H22N2O. The van der Waals surface area contributed by atoms with Crippen LogP contribution >= 0.6 is 0 Å². The van der Waals surface area contributed by atoms with Gasteiger partial charge in [0.05, 0.1) is 12.1 Å². The minimum atomic E-state index is 0.292. The largest absolute Gasteiger partial charge is 0.377 e. The molecule has 1 aliphatic rings. The normalized spacial score (nSPS) is 22.4. The molecule has 1 saturated carbocycles. The van der Waals surface area contributed by atoms with Gasteiger partial charge < -0.3 is 4.74 Å². The van der Waals surface area contributed by atoms with Crippen LogP contribution in [0, 0.1) is 5.92 Å². The van der Waals surface area contributed by atoms with Gasteiger partial charge in [-0.1, -0.05) is 13.3 Å². The summed E-state index contributed by atoms with van der Waals surface area (Å²) in [5, 5.41) is 0. The fourth-order valence-corrected chi connectivity index (χ4v) is 2.04. The monoisotopic (exact) mass is 186 g/mol. The summed E-state index contributed by atoms with van der Waals surface area (Å²) in [4.78, 5) is 0. The highest BCUT2D eigenvalue weighted by atomic mass is 16.5. The van der Waals surface area contributed by atoms with Crippen LogP contribution in [0.2, 0.25) is 0 Å². The topological polar surface area (TPSA) is 47.3 Å². The maximum Gasteiger partial charge on any atom is 0.0741 e. The van der Waals surface area contributed by atoms with Crippen molar-refractivity contribution in [3.05, 3.63) is 0 Å². The molecule has 2 unspecified atom stereocenters. The molecule has 1 aliphatic carbocycles. The van der Waals surface area contributed by atoms with Gasteiger partial charge in [-0.05, 0) is 32.1 Å². The highest BCUT2D eigenvalue weighted by molar-refractivity contribution is 4.86. The van der Waals surface area contributed by atoms with Crippen LogP contribution < -0.4 is 11.3 Å². The van der Waals surface area contributed by atoms with Gasteiger partial charge in [-0.2, -0.15) is 0 Å². The van der Waals surface area contributed by atoms with Crippen molar-refractivity contribution in [1.82, 2.24) is 5.43 Å². The zero-order valence-electron chi connectivity index (χ0n) is 8.75. The summed E-state index contributed by atoms with van der Waals surface area (Å²) in [5.41, 5.74) is 2.91. The van der Waals surface area contributed by atoms with E-state index in [0.717, 1.165) is 18.9 Å². The number of ether oxygens (including phenoxy) is 1. The van der Waals surface area contributed by atoms with Crippen LogP contribution in [0.15, 0.2) is 0 Å². The van der Waals surface area contributed by atoms with E-state index in [1.807, 2.05) is 6.92 Å². The number of rotatable bonds is 6. The molecule has 0 aromatic rings. The van der Waals surface area contributed by atoms with Crippen molar-refractivity contribution in [2.24, 2.45) is 11.8 Å². The molecule has 3 nitrogen and oxygen atoms in total. The van der Waals surface area contributed by atoms with Crippen LogP contribution in [0.25, 0.3) is 0 Å². The minimum absolute atomic E-state index is 0.292. The molecule has 0 aromatic carbocycles. The Kier molecular flexibility index (Phi) is 4.70. The molecule has 0 aromatic heterocycles. The van der Waals surface area contributed by atoms with Crippen LogP contribution in [0.1, 0.15) is 39.5 Å². The number of hydrazine groups is 1. The van der Waals surface area contributed by atoms with Gasteiger partial charge in [-0.15, -0.1) is 0 Å². The molecule has 0 spiro atoms. The van der Waals surface area contributed by atoms with Gasteiger partial charge in [0.25, 0.3) is 0 Å². The van der Waals surface area contributed by atoms with Crippen LogP contribution in [0.5, 0.6) is 0 Å². The number of nitrogens with two attached hydrogens (primary N) is 1. The molecule has 0 amide bonds. The average Bonchev–Trinajstić information content (AvgIpc) is 2.07. The van der Waals surface area contributed by atoms with E-state index in [4.69, 9.17) is 10.6 Å². The third-order valence-corrected chi connectivity index (χ3v) is 3.03. The van der Waals surface area contributed by atoms with Gasteiger partial charge in [-0.3, -0.25) is 11.3 Å². The van der Waals surface area contributed by atoms with E-state index in [9.17, 15) is 0 Å². The Balaban J connectivity index is 2.40. The van der Waals surface area contributed by atoms with Crippen molar-refractivity contribution in [1.29, 1.82) is 0 Å². The highest BCUT2D eigenvalue weighted by Gasteiger charge is 2.31. The Hall–Kier alpha value is -0.120. The summed E-state index contributed by atoms with van der Waals surface area (Å²) in [7, 11) is 0. The zero-order valence-corrected chi connectivity index (χ0v) is 8.75. The predicted octanol–water partition coefficient (Wildman–Crippen LogP) is 1.43. The second kappa shape index (κ2) is 5.58. The maximum atomic E-state index is 5.66. The quantitative estimate of drug-likeness (QED) is 0.487. The standard InChI is InChI=1S/C10H22N2O/c1-3-9(13-4-2)10(12-11)8-6-5-7-8/h8-10,12H,3-7,11H2,1-2H3. The number of nitrogens with one attached hydrogen (secondary N) is 1. The van der Waals surface area contributed by atoms with Gasteiger partial charge in [0.1, 0.15) is 0 Å². The molecule has 0 radical (unpaired) electrons. The maximum absolute atomic E-state index is 5.66. The molecular weight excluding hydrogens is 164 g/mol. The van der Waals surface area contributed by atoms with Gasteiger partial charge in [0.15, 0.2) is 0 Å². The second-order valence-electron chi connectivity index (χ2n) is 3.79. The molecule has 2 atom stereocenters.